The number of benzene rings is 5. The van der Waals surface area contributed by atoms with E-state index in [0.29, 0.717) is 59.8 Å². The summed E-state index contributed by atoms with van der Waals surface area (Å²) in [5.41, 5.74) is 4.59. The van der Waals surface area contributed by atoms with Crippen LogP contribution in [-0.4, -0.2) is 74.9 Å². The standard InChI is InChI=1S/C43H47NO10/c1-44-23-53-43-35-21-38(51-4)33-19-29(47)11-13-32(33)42(35)54-37(9-6-14-49-2)39(43)36-22-52-41-26(18-30(50-3)20-34(41)40(36)48)15-25-17-28(46)10-12-31(25)24-7-5-8-27(45)16-24/h5,7-8,10-13,16-21,36-37,39-40,43-48H,6,9,14-15,22-23H2,1-4H3/t36-,37+,39+,40+,43+/m0/s1. The maximum atomic E-state index is 12.5. The van der Waals surface area contributed by atoms with E-state index < -0.39 is 24.2 Å². The van der Waals surface area contributed by atoms with Crippen molar-refractivity contribution in [1.82, 2.24) is 5.32 Å². The normalized spacial score (nSPS) is 20.4. The molecule has 2 heterocycles. The van der Waals surface area contributed by atoms with Gasteiger partial charge < -0.3 is 48.8 Å². The van der Waals surface area contributed by atoms with Gasteiger partial charge in [-0.15, -0.1) is 0 Å². The molecule has 5 aromatic rings. The molecule has 54 heavy (non-hydrogen) atoms. The van der Waals surface area contributed by atoms with E-state index in [1.54, 1.807) is 63.8 Å². The molecule has 0 unspecified atom stereocenters. The van der Waals surface area contributed by atoms with Gasteiger partial charge in [0, 0.05) is 59.4 Å². The molecule has 11 heteroatoms. The number of hydrogen-bond donors (Lipinski definition) is 5. The van der Waals surface area contributed by atoms with Gasteiger partial charge in [-0.1, -0.05) is 18.2 Å². The van der Waals surface area contributed by atoms with E-state index in [9.17, 15) is 20.4 Å². The zero-order valence-electron chi connectivity index (χ0n) is 30.9. The molecule has 0 amide bonds. The summed E-state index contributed by atoms with van der Waals surface area (Å²) in [7, 11) is 6.66. The monoisotopic (exact) mass is 737 g/mol. The minimum Gasteiger partial charge on any atom is -0.508 e. The summed E-state index contributed by atoms with van der Waals surface area (Å²) in [6, 6.07) is 22.9. The Balaban J connectivity index is 1.31. The number of aliphatic hydroxyl groups excluding tert-OH is 1. The molecule has 5 aromatic carbocycles. The molecule has 0 fully saturated rings. The number of nitrogens with one attached hydrogen (secondary N) is 1. The molecule has 0 aliphatic carbocycles. The molecule has 5 atom stereocenters. The lowest BCUT2D eigenvalue weighted by atomic mass is 9.72. The number of fused-ring (bicyclic) bond motifs is 4. The Morgan fingerprint density at radius 2 is 1.59 bits per heavy atom. The molecule has 2 aliphatic heterocycles. The highest BCUT2D eigenvalue weighted by Crippen LogP contribution is 2.54. The van der Waals surface area contributed by atoms with Crippen LogP contribution in [0.2, 0.25) is 0 Å². The van der Waals surface area contributed by atoms with Gasteiger partial charge in [0.25, 0.3) is 0 Å². The van der Waals surface area contributed by atoms with Gasteiger partial charge in [-0.2, -0.15) is 0 Å². The van der Waals surface area contributed by atoms with E-state index in [1.165, 1.54) is 0 Å². The largest absolute Gasteiger partial charge is 0.508 e. The molecule has 0 saturated carbocycles. The fourth-order valence-electron chi connectivity index (χ4n) is 8.11. The molecule has 0 saturated heterocycles. The van der Waals surface area contributed by atoms with Gasteiger partial charge in [-0.25, -0.2) is 0 Å². The number of phenols is 3. The highest BCUT2D eigenvalue weighted by atomic mass is 16.5. The zero-order chi connectivity index (χ0) is 37.9. The van der Waals surface area contributed by atoms with Gasteiger partial charge in [-0.05, 0) is 97.2 Å². The second kappa shape index (κ2) is 16.0. The van der Waals surface area contributed by atoms with Gasteiger partial charge in [0.1, 0.15) is 46.4 Å². The average Bonchev–Trinajstić information content (AvgIpc) is 3.17. The van der Waals surface area contributed by atoms with Crippen LogP contribution in [-0.2, 0) is 15.9 Å². The van der Waals surface area contributed by atoms with E-state index in [2.05, 4.69) is 5.32 Å². The Kier molecular flexibility index (Phi) is 11.0. The number of phenolic OH excluding ortho intramolecular Hbond substituents is 3. The smallest absolute Gasteiger partial charge is 0.133 e. The fourth-order valence-corrected chi connectivity index (χ4v) is 8.11. The van der Waals surface area contributed by atoms with Crippen LogP contribution < -0.4 is 24.3 Å². The van der Waals surface area contributed by atoms with Crippen molar-refractivity contribution in [2.75, 3.05) is 48.3 Å². The Labute approximate surface area is 314 Å². The van der Waals surface area contributed by atoms with Crippen LogP contribution in [0, 0.1) is 11.8 Å². The number of rotatable bonds is 13. The third-order valence-corrected chi connectivity index (χ3v) is 10.6. The van der Waals surface area contributed by atoms with Crippen molar-refractivity contribution in [3.8, 4) is 51.4 Å². The molecule has 7 rings (SSSR count). The summed E-state index contributed by atoms with van der Waals surface area (Å²) in [6.07, 6.45) is -0.231. The first-order chi connectivity index (χ1) is 26.2. The van der Waals surface area contributed by atoms with Crippen LogP contribution in [0.15, 0.2) is 78.9 Å². The fraction of sp³-hybridized carbons (Fsp3) is 0.349. The van der Waals surface area contributed by atoms with Crippen LogP contribution in [0.3, 0.4) is 0 Å². The van der Waals surface area contributed by atoms with Crippen LogP contribution in [0.4, 0.5) is 0 Å². The van der Waals surface area contributed by atoms with E-state index in [1.807, 2.05) is 43.4 Å². The van der Waals surface area contributed by atoms with Crippen LogP contribution in [0.1, 0.15) is 47.3 Å². The van der Waals surface area contributed by atoms with Gasteiger partial charge in [-0.3, -0.25) is 5.32 Å². The van der Waals surface area contributed by atoms with Crippen molar-refractivity contribution < 1.29 is 48.8 Å². The molecule has 11 nitrogen and oxygen atoms in total. The third kappa shape index (κ3) is 7.20. The summed E-state index contributed by atoms with van der Waals surface area (Å²) in [5, 5.41) is 48.2. The van der Waals surface area contributed by atoms with Crippen molar-refractivity contribution in [2.45, 2.75) is 37.6 Å². The van der Waals surface area contributed by atoms with Crippen LogP contribution in [0.25, 0.3) is 21.9 Å². The predicted molar refractivity (Wildman–Crippen MR) is 204 cm³/mol. The average molecular weight is 738 g/mol. The number of ether oxygens (including phenoxy) is 6. The third-order valence-electron chi connectivity index (χ3n) is 10.6. The summed E-state index contributed by atoms with van der Waals surface area (Å²) >= 11 is 0. The van der Waals surface area contributed by atoms with Gasteiger partial charge >= 0.3 is 0 Å². The molecule has 0 bridgehead atoms. The molecule has 284 valence electrons. The molecular formula is C43H47NO10. The first kappa shape index (κ1) is 37.1. The van der Waals surface area contributed by atoms with Crippen molar-refractivity contribution >= 4 is 10.8 Å². The lowest BCUT2D eigenvalue weighted by Crippen LogP contribution is -2.47. The SMILES string of the molecule is CNCO[C@@H]1c2cc(OC)c3cc(O)ccc3c2O[C@H](CCCOC)[C@H]1[C@@H]1COc2c(Cc3cc(O)ccc3-c3cccc(O)c3)cc(OC)cc2[C@H]1O. The Bertz CT molecular complexity index is 2120. The lowest BCUT2D eigenvalue weighted by Gasteiger charge is -2.46. The highest BCUT2D eigenvalue weighted by Gasteiger charge is 2.49. The van der Waals surface area contributed by atoms with Crippen molar-refractivity contribution in [1.29, 1.82) is 0 Å². The number of methoxy groups -OCH3 is 3. The van der Waals surface area contributed by atoms with Gasteiger partial charge in [0.05, 0.1) is 39.8 Å². The second-order valence-corrected chi connectivity index (χ2v) is 13.9. The quantitative estimate of drug-likeness (QED) is 0.0628. The molecule has 0 radical (unpaired) electrons. The summed E-state index contributed by atoms with van der Waals surface area (Å²) in [6.45, 7) is 0.950. The van der Waals surface area contributed by atoms with Crippen molar-refractivity contribution in [2.24, 2.45) is 11.8 Å². The minimum atomic E-state index is -0.989. The maximum Gasteiger partial charge on any atom is 0.133 e. The highest BCUT2D eigenvalue weighted by molar-refractivity contribution is 5.96. The zero-order valence-corrected chi connectivity index (χ0v) is 30.9. The van der Waals surface area contributed by atoms with E-state index in [4.69, 9.17) is 28.4 Å². The first-order valence-corrected chi connectivity index (χ1v) is 18.1. The Morgan fingerprint density at radius 3 is 2.35 bits per heavy atom. The van der Waals surface area contributed by atoms with E-state index in [-0.39, 0.29) is 36.5 Å². The Hall–Kier alpha value is -5.20. The molecule has 5 N–H and O–H groups in total. The van der Waals surface area contributed by atoms with E-state index in [0.717, 1.165) is 33.2 Å². The topological polar surface area (TPSA) is 148 Å². The maximum absolute atomic E-state index is 12.5. The van der Waals surface area contributed by atoms with Crippen LogP contribution in [0.5, 0.6) is 40.2 Å². The number of hydrogen-bond acceptors (Lipinski definition) is 11. The van der Waals surface area contributed by atoms with Crippen molar-refractivity contribution in [3.05, 3.63) is 101 Å². The summed E-state index contributed by atoms with van der Waals surface area (Å²) < 4.78 is 37.3. The van der Waals surface area contributed by atoms with Crippen molar-refractivity contribution in [3.63, 3.8) is 0 Å². The molecule has 0 aromatic heterocycles. The number of aliphatic hydroxyl groups is 1. The van der Waals surface area contributed by atoms with Gasteiger partial charge in [0.2, 0.25) is 0 Å². The van der Waals surface area contributed by atoms with E-state index >= 15 is 0 Å². The predicted octanol–water partition coefficient (Wildman–Crippen LogP) is 7.01. The molecule has 0 spiro atoms. The molecule has 2 aliphatic rings. The second-order valence-electron chi connectivity index (χ2n) is 13.9. The summed E-state index contributed by atoms with van der Waals surface area (Å²) in [5.74, 6) is 1.84. The minimum absolute atomic E-state index is 0.109. The summed E-state index contributed by atoms with van der Waals surface area (Å²) in [4.78, 5) is 0. The Morgan fingerprint density at radius 1 is 0.796 bits per heavy atom. The number of aromatic hydroxyl groups is 3. The van der Waals surface area contributed by atoms with Crippen LogP contribution >= 0.6 is 0 Å². The first-order valence-electron chi connectivity index (χ1n) is 18.1. The lowest BCUT2D eigenvalue weighted by molar-refractivity contribution is -0.115. The molecular weight excluding hydrogens is 690 g/mol. The van der Waals surface area contributed by atoms with Gasteiger partial charge in [0.15, 0.2) is 0 Å².